The lowest BCUT2D eigenvalue weighted by atomic mass is 10.1. The van der Waals surface area contributed by atoms with Crippen molar-refractivity contribution in [2.45, 2.75) is 58.0 Å². The zero-order valence-electron chi connectivity index (χ0n) is 11.8. The largest absolute Gasteiger partial charge is 0.394 e. The van der Waals surface area contributed by atoms with E-state index in [1.165, 1.54) is 38.5 Å². The summed E-state index contributed by atoms with van der Waals surface area (Å²) in [7, 11) is 0. The number of unbranched alkanes of at least 4 members (excludes halogenated alkanes) is 6. The standard InChI is InChI=1S/C14H30O4/c1-2-3-4-5-6-7-8-9-17-10-11-18-13-14(16)12-15/h14-16H,2-13H2,1H3. The third kappa shape index (κ3) is 13.9. The van der Waals surface area contributed by atoms with Crippen LogP contribution in [-0.4, -0.2) is 49.4 Å². The zero-order valence-corrected chi connectivity index (χ0v) is 11.8. The smallest absolute Gasteiger partial charge is 0.100 e. The van der Waals surface area contributed by atoms with Crippen molar-refractivity contribution in [2.75, 3.05) is 33.0 Å². The van der Waals surface area contributed by atoms with Crippen LogP contribution in [0.2, 0.25) is 0 Å². The molecule has 18 heavy (non-hydrogen) atoms. The van der Waals surface area contributed by atoms with Gasteiger partial charge in [0.05, 0.1) is 26.4 Å². The first-order valence-electron chi connectivity index (χ1n) is 7.25. The van der Waals surface area contributed by atoms with Crippen LogP contribution >= 0.6 is 0 Å². The molecule has 0 aromatic rings. The molecule has 0 aliphatic heterocycles. The van der Waals surface area contributed by atoms with Gasteiger partial charge in [-0.1, -0.05) is 45.4 Å². The summed E-state index contributed by atoms with van der Waals surface area (Å²) in [6.07, 6.45) is 8.26. The molecule has 0 saturated carbocycles. The van der Waals surface area contributed by atoms with Crippen LogP contribution in [0.3, 0.4) is 0 Å². The zero-order chi connectivity index (χ0) is 13.5. The molecule has 110 valence electrons. The van der Waals surface area contributed by atoms with Crippen molar-refractivity contribution in [3.8, 4) is 0 Å². The van der Waals surface area contributed by atoms with E-state index in [9.17, 15) is 0 Å². The maximum atomic E-state index is 9.00. The van der Waals surface area contributed by atoms with Gasteiger partial charge >= 0.3 is 0 Å². The van der Waals surface area contributed by atoms with E-state index in [0.717, 1.165) is 13.0 Å². The summed E-state index contributed by atoms with van der Waals surface area (Å²) in [4.78, 5) is 0. The molecule has 1 atom stereocenters. The molecule has 0 bridgehead atoms. The molecule has 0 aliphatic rings. The molecule has 0 aromatic heterocycles. The molecule has 0 amide bonds. The molecule has 1 unspecified atom stereocenters. The van der Waals surface area contributed by atoms with E-state index in [1.807, 2.05) is 0 Å². The minimum absolute atomic E-state index is 0.178. The molecule has 0 spiro atoms. The molecule has 0 aliphatic carbocycles. The molecular formula is C14H30O4. The first kappa shape index (κ1) is 17.8. The van der Waals surface area contributed by atoms with Crippen LogP contribution in [0.15, 0.2) is 0 Å². The van der Waals surface area contributed by atoms with Gasteiger partial charge in [-0.3, -0.25) is 0 Å². The molecule has 2 N–H and O–H groups in total. The fourth-order valence-electron chi connectivity index (χ4n) is 1.65. The van der Waals surface area contributed by atoms with Crippen LogP contribution in [-0.2, 0) is 9.47 Å². The third-order valence-corrected chi connectivity index (χ3v) is 2.79. The van der Waals surface area contributed by atoms with Gasteiger partial charge in [0, 0.05) is 6.61 Å². The molecular weight excluding hydrogens is 232 g/mol. The Bertz CT molecular complexity index is 153. The Kier molecular flexibility index (Phi) is 14.8. The first-order valence-corrected chi connectivity index (χ1v) is 7.25. The lowest BCUT2D eigenvalue weighted by Gasteiger charge is -2.08. The highest BCUT2D eigenvalue weighted by Crippen LogP contribution is 2.06. The number of aliphatic hydroxyl groups is 2. The third-order valence-electron chi connectivity index (χ3n) is 2.79. The predicted octanol–water partition coefficient (Wildman–Crippen LogP) is 2.12. The Labute approximate surface area is 111 Å². The van der Waals surface area contributed by atoms with Crippen molar-refractivity contribution in [1.82, 2.24) is 0 Å². The quantitative estimate of drug-likeness (QED) is 0.471. The minimum Gasteiger partial charge on any atom is -0.394 e. The summed E-state index contributed by atoms with van der Waals surface area (Å²) < 4.78 is 10.5. The van der Waals surface area contributed by atoms with E-state index in [-0.39, 0.29) is 13.2 Å². The Morgan fingerprint density at radius 1 is 0.833 bits per heavy atom. The monoisotopic (exact) mass is 262 g/mol. The van der Waals surface area contributed by atoms with Gasteiger partial charge in [0.25, 0.3) is 0 Å². The predicted molar refractivity (Wildman–Crippen MR) is 72.7 cm³/mol. The van der Waals surface area contributed by atoms with Crippen LogP contribution in [0.25, 0.3) is 0 Å². The molecule has 0 fully saturated rings. The van der Waals surface area contributed by atoms with Crippen LogP contribution in [0.5, 0.6) is 0 Å². The summed E-state index contributed by atoms with van der Waals surface area (Å²) in [6, 6.07) is 0. The van der Waals surface area contributed by atoms with Crippen molar-refractivity contribution >= 4 is 0 Å². The van der Waals surface area contributed by atoms with Gasteiger partial charge < -0.3 is 19.7 Å². The number of hydrogen-bond donors (Lipinski definition) is 2. The SMILES string of the molecule is CCCCCCCCCOCCOCC(O)CO. The Morgan fingerprint density at radius 2 is 1.44 bits per heavy atom. The molecule has 4 nitrogen and oxygen atoms in total. The van der Waals surface area contributed by atoms with E-state index < -0.39 is 6.10 Å². The first-order chi connectivity index (χ1) is 8.81. The molecule has 0 radical (unpaired) electrons. The van der Waals surface area contributed by atoms with Gasteiger partial charge in [-0.05, 0) is 6.42 Å². The van der Waals surface area contributed by atoms with Gasteiger partial charge in [0.1, 0.15) is 6.10 Å². The lowest BCUT2D eigenvalue weighted by Crippen LogP contribution is -2.20. The molecule has 4 heteroatoms. The highest BCUT2D eigenvalue weighted by Gasteiger charge is 2.00. The van der Waals surface area contributed by atoms with Gasteiger partial charge in [0.2, 0.25) is 0 Å². The Balaban J connectivity index is 2.94. The molecule has 0 saturated heterocycles. The van der Waals surface area contributed by atoms with Crippen LogP contribution in [0.4, 0.5) is 0 Å². The average molecular weight is 262 g/mol. The topological polar surface area (TPSA) is 58.9 Å². The van der Waals surface area contributed by atoms with E-state index >= 15 is 0 Å². The fourth-order valence-corrected chi connectivity index (χ4v) is 1.65. The molecule has 0 rings (SSSR count). The average Bonchev–Trinajstić information content (AvgIpc) is 2.39. The molecule has 0 aromatic carbocycles. The van der Waals surface area contributed by atoms with Gasteiger partial charge in [-0.25, -0.2) is 0 Å². The second-order valence-electron chi connectivity index (χ2n) is 4.65. The summed E-state index contributed by atoms with van der Waals surface area (Å²) in [5, 5.41) is 17.6. The Hall–Kier alpha value is -0.160. The van der Waals surface area contributed by atoms with E-state index in [2.05, 4.69) is 6.92 Å². The fraction of sp³-hybridized carbons (Fsp3) is 1.00. The van der Waals surface area contributed by atoms with E-state index in [4.69, 9.17) is 19.7 Å². The number of rotatable bonds is 14. The maximum Gasteiger partial charge on any atom is 0.100 e. The summed E-state index contributed by atoms with van der Waals surface area (Å²) in [6.45, 7) is 3.99. The normalized spacial score (nSPS) is 12.8. The number of hydrogen-bond acceptors (Lipinski definition) is 4. The minimum atomic E-state index is -0.770. The van der Waals surface area contributed by atoms with Crippen LogP contribution in [0.1, 0.15) is 51.9 Å². The lowest BCUT2D eigenvalue weighted by molar-refractivity contribution is -0.0150. The summed E-state index contributed by atoms with van der Waals surface area (Å²) in [5.74, 6) is 0. The highest BCUT2D eigenvalue weighted by atomic mass is 16.5. The maximum absolute atomic E-state index is 9.00. The number of ether oxygens (including phenoxy) is 2. The van der Waals surface area contributed by atoms with Crippen LogP contribution in [0, 0.1) is 0 Å². The second-order valence-corrected chi connectivity index (χ2v) is 4.65. The van der Waals surface area contributed by atoms with Crippen molar-refractivity contribution in [3.63, 3.8) is 0 Å². The van der Waals surface area contributed by atoms with Crippen molar-refractivity contribution < 1.29 is 19.7 Å². The van der Waals surface area contributed by atoms with Crippen LogP contribution < -0.4 is 0 Å². The summed E-state index contributed by atoms with van der Waals surface area (Å²) in [5.41, 5.74) is 0. The molecule has 0 heterocycles. The second kappa shape index (κ2) is 14.9. The van der Waals surface area contributed by atoms with E-state index in [1.54, 1.807) is 0 Å². The van der Waals surface area contributed by atoms with Crippen molar-refractivity contribution in [2.24, 2.45) is 0 Å². The number of aliphatic hydroxyl groups excluding tert-OH is 2. The summed E-state index contributed by atoms with van der Waals surface area (Å²) >= 11 is 0. The van der Waals surface area contributed by atoms with E-state index in [0.29, 0.717) is 13.2 Å². The Morgan fingerprint density at radius 3 is 2.11 bits per heavy atom. The van der Waals surface area contributed by atoms with Crippen molar-refractivity contribution in [3.05, 3.63) is 0 Å². The van der Waals surface area contributed by atoms with Crippen molar-refractivity contribution in [1.29, 1.82) is 0 Å². The van der Waals surface area contributed by atoms with Gasteiger partial charge in [0.15, 0.2) is 0 Å². The highest BCUT2D eigenvalue weighted by molar-refractivity contribution is 4.48. The van der Waals surface area contributed by atoms with Gasteiger partial charge in [-0.2, -0.15) is 0 Å². The van der Waals surface area contributed by atoms with Gasteiger partial charge in [-0.15, -0.1) is 0 Å².